The normalized spacial score (nSPS) is 10.5. The van der Waals surface area contributed by atoms with E-state index >= 15 is 0 Å². The summed E-state index contributed by atoms with van der Waals surface area (Å²) in [6.45, 7) is 5.41. The maximum absolute atomic E-state index is 13.6. The molecule has 4 aromatic rings. The van der Waals surface area contributed by atoms with Crippen molar-refractivity contribution in [3.8, 4) is 0 Å². The van der Waals surface area contributed by atoms with Crippen LogP contribution in [0.15, 0.2) is 66.9 Å². The molecule has 0 bridgehead atoms. The van der Waals surface area contributed by atoms with Gasteiger partial charge in [0, 0.05) is 36.1 Å². The van der Waals surface area contributed by atoms with Gasteiger partial charge in [-0.25, -0.2) is 9.97 Å². The summed E-state index contributed by atoms with van der Waals surface area (Å²) >= 11 is 0. The van der Waals surface area contributed by atoms with Crippen LogP contribution >= 0.6 is 12.4 Å². The van der Waals surface area contributed by atoms with E-state index in [0.29, 0.717) is 35.6 Å². The first kappa shape index (κ1) is 29.1. The number of nitrogens with zero attached hydrogens (tertiary/aromatic N) is 4. The number of carbonyl (C=O) groups is 2. The molecule has 10 nitrogen and oxygen atoms in total. The zero-order chi connectivity index (χ0) is 27.1. The summed E-state index contributed by atoms with van der Waals surface area (Å²) in [6, 6.07) is 18.1. The highest BCUT2D eigenvalue weighted by atomic mass is 35.5. The van der Waals surface area contributed by atoms with Crippen molar-refractivity contribution in [1.82, 2.24) is 14.5 Å². The van der Waals surface area contributed by atoms with Gasteiger partial charge in [-0.1, -0.05) is 6.07 Å². The summed E-state index contributed by atoms with van der Waals surface area (Å²) in [5, 5.41) is 10.9. The maximum Gasteiger partial charge on any atom is 0.307 e. The minimum atomic E-state index is -0.369. The molecule has 0 fully saturated rings. The lowest BCUT2D eigenvalue weighted by molar-refractivity contribution is -0.142. The van der Waals surface area contributed by atoms with Gasteiger partial charge in [-0.2, -0.15) is 0 Å². The Kier molecular flexibility index (Phi) is 9.99. The van der Waals surface area contributed by atoms with Crippen LogP contribution in [0.25, 0.3) is 11.0 Å². The number of rotatable bonds is 11. The number of aryl methyl sites for hydroxylation is 1. The van der Waals surface area contributed by atoms with Crippen LogP contribution in [0.1, 0.15) is 42.0 Å². The van der Waals surface area contributed by atoms with Crippen LogP contribution in [0.5, 0.6) is 0 Å². The molecular formula is C28H32ClN7O3. The first-order valence-electron chi connectivity index (χ1n) is 12.5. The van der Waals surface area contributed by atoms with E-state index in [9.17, 15) is 9.59 Å². The number of esters is 1. The van der Waals surface area contributed by atoms with Crippen LogP contribution in [0.2, 0.25) is 0 Å². The molecule has 4 rings (SSSR count). The number of pyridine rings is 1. The quantitative estimate of drug-likeness (QED) is 0.143. The van der Waals surface area contributed by atoms with Crippen LogP contribution in [-0.4, -0.2) is 45.4 Å². The minimum Gasteiger partial charge on any atom is -0.466 e. The van der Waals surface area contributed by atoms with Crippen molar-refractivity contribution in [2.24, 2.45) is 5.73 Å². The fourth-order valence-electron chi connectivity index (χ4n) is 4.17. The van der Waals surface area contributed by atoms with E-state index < -0.39 is 0 Å². The van der Waals surface area contributed by atoms with Crippen molar-refractivity contribution in [1.29, 1.82) is 5.41 Å². The molecule has 0 radical (unpaired) electrons. The third kappa shape index (κ3) is 6.91. The summed E-state index contributed by atoms with van der Waals surface area (Å²) in [5.74, 6) is 0.670. The molecule has 0 aliphatic carbocycles. The number of imidazole rings is 1. The number of anilines is 2. The standard InChI is InChI=1S/C28H31N7O3.ClH/c1-3-34-23-13-10-20(28(37)35(16-14-26(36)38-4-2)24-7-5-6-15-31-24)17-22(23)33-25(34)18-32-21-11-8-19(9-12-21)27(29)30;/h5-13,15,17,32H,3-4,14,16,18H2,1-2H3,(H3,29,30);1H. The molecule has 204 valence electrons. The molecule has 1 amide bonds. The van der Waals surface area contributed by atoms with E-state index in [1.54, 1.807) is 55.6 Å². The van der Waals surface area contributed by atoms with Gasteiger partial charge in [-0.15, -0.1) is 12.4 Å². The van der Waals surface area contributed by atoms with Gasteiger partial charge in [0.2, 0.25) is 0 Å². The summed E-state index contributed by atoms with van der Waals surface area (Å²) in [5.41, 5.74) is 9.15. The van der Waals surface area contributed by atoms with Crippen molar-refractivity contribution in [3.05, 3.63) is 83.8 Å². The molecule has 2 heterocycles. The van der Waals surface area contributed by atoms with Crippen molar-refractivity contribution in [3.63, 3.8) is 0 Å². The van der Waals surface area contributed by atoms with E-state index in [-0.39, 0.29) is 49.7 Å². The van der Waals surface area contributed by atoms with Crippen molar-refractivity contribution in [2.75, 3.05) is 23.4 Å². The SMILES string of the molecule is CCOC(=O)CCN(C(=O)c1ccc2c(c1)nc(CNc1ccc(C(=N)N)cc1)n2CC)c1ccccn1.Cl. The second-order valence-corrected chi connectivity index (χ2v) is 8.52. The predicted octanol–water partition coefficient (Wildman–Crippen LogP) is 4.37. The van der Waals surface area contributed by atoms with Gasteiger partial charge < -0.3 is 20.4 Å². The van der Waals surface area contributed by atoms with Gasteiger partial charge in [-0.05, 0) is 68.4 Å². The molecule has 11 heteroatoms. The number of hydrogen-bond donors (Lipinski definition) is 3. The molecule has 0 saturated heterocycles. The van der Waals surface area contributed by atoms with Crippen LogP contribution in [0.3, 0.4) is 0 Å². The zero-order valence-corrected chi connectivity index (χ0v) is 22.7. The Morgan fingerprint density at radius 1 is 1.08 bits per heavy atom. The van der Waals surface area contributed by atoms with E-state index in [4.69, 9.17) is 20.9 Å². The van der Waals surface area contributed by atoms with E-state index in [1.807, 2.05) is 25.1 Å². The summed E-state index contributed by atoms with van der Waals surface area (Å²) < 4.78 is 7.13. The lowest BCUT2D eigenvalue weighted by Gasteiger charge is -2.21. The minimum absolute atomic E-state index is 0. The Morgan fingerprint density at radius 2 is 1.82 bits per heavy atom. The Hall–Kier alpha value is -4.44. The molecular weight excluding hydrogens is 518 g/mol. The highest BCUT2D eigenvalue weighted by Gasteiger charge is 2.21. The molecule has 4 N–H and O–H groups in total. The van der Waals surface area contributed by atoms with Gasteiger partial charge in [0.25, 0.3) is 5.91 Å². The monoisotopic (exact) mass is 549 g/mol. The second kappa shape index (κ2) is 13.4. The third-order valence-electron chi connectivity index (χ3n) is 6.05. The van der Waals surface area contributed by atoms with Gasteiger partial charge in [0.1, 0.15) is 17.5 Å². The number of benzene rings is 2. The van der Waals surface area contributed by atoms with Gasteiger partial charge in [0.05, 0.1) is 30.6 Å². The zero-order valence-electron chi connectivity index (χ0n) is 21.9. The van der Waals surface area contributed by atoms with Gasteiger partial charge in [-0.3, -0.25) is 19.9 Å². The summed E-state index contributed by atoms with van der Waals surface area (Å²) in [4.78, 5) is 36.2. The topological polar surface area (TPSA) is 139 Å². The number of fused-ring (bicyclic) bond motifs is 1. The number of nitrogen functional groups attached to an aromatic ring is 1. The maximum atomic E-state index is 13.6. The molecule has 0 aliphatic heterocycles. The summed E-state index contributed by atoms with van der Waals surface area (Å²) in [7, 11) is 0. The smallest absolute Gasteiger partial charge is 0.307 e. The first-order valence-corrected chi connectivity index (χ1v) is 12.5. The van der Waals surface area contributed by atoms with Crippen molar-refractivity contribution in [2.45, 2.75) is 33.4 Å². The second-order valence-electron chi connectivity index (χ2n) is 8.52. The van der Waals surface area contributed by atoms with Crippen molar-refractivity contribution >= 4 is 52.7 Å². The average molecular weight is 550 g/mol. The molecule has 0 saturated carbocycles. The van der Waals surface area contributed by atoms with Crippen LogP contribution < -0.4 is 16.0 Å². The number of hydrogen-bond acceptors (Lipinski definition) is 7. The molecule has 0 spiro atoms. The van der Waals surface area contributed by atoms with E-state index in [0.717, 1.165) is 17.0 Å². The Labute approximate surface area is 233 Å². The lowest BCUT2D eigenvalue weighted by Crippen LogP contribution is -2.34. The molecule has 0 atom stereocenters. The number of nitrogens with two attached hydrogens (primary N) is 1. The highest BCUT2D eigenvalue weighted by molar-refractivity contribution is 6.07. The molecule has 0 aliphatic rings. The first-order chi connectivity index (χ1) is 18.4. The average Bonchev–Trinajstić information content (AvgIpc) is 3.29. The fourth-order valence-corrected chi connectivity index (χ4v) is 4.17. The van der Waals surface area contributed by atoms with E-state index in [1.165, 1.54) is 4.90 Å². The number of ether oxygens (including phenoxy) is 1. The van der Waals surface area contributed by atoms with E-state index in [2.05, 4.69) is 14.9 Å². The molecule has 39 heavy (non-hydrogen) atoms. The number of aromatic nitrogens is 3. The molecule has 2 aromatic heterocycles. The largest absolute Gasteiger partial charge is 0.466 e. The Bertz CT molecular complexity index is 1440. The highest BCUT2D eigenvalue weighted by Crippen LogP contribution is 2.22. The number of amidine groups is 1. The fraction of sp³-hybridized carbons (Fsp3) is 0.250. The Balaban J connectivity index is 0.00000420. The van der Waals surface area contributed by atoms with Crippen LogP contribution in [0, 0.1) is 5.41 Å². The van der Waals surface area contributed by atoms with Gasteiger partial charge in [0.15, 0.2) is 0 Å². The van der Waals surface area contributed by atoms with Crippen LogP contribution in [0.4, 0.5) is 11.5 Å². The predicted molar refractivity (Wildman–Crippen MR) is 155 cm³/mol. The lowest BCUT2D eigenvalue weighted by atomic mass is 10.1. The summed E-state index contributed by atoms with van der Waals surface area (Å²) in [6.07, 6.45) is 1.67. The van der Waals surface area contributed by atoms with Gasteiger partial charge >= 0.3 is 5.97 Å². The number of amides is 1. The molecule has 0 unspecified atom stereocenters. The molecule has 2 aromatic carbocycles. The number of nitrogens with one attached hydrogen (secondary N) is 2. The number of carbonyl (C=O) groups excluding carboxylic acids is 2. The third-order valence-corrected chi connectivity index (χ3v) is 6.05. The van der Waals surface area contributed by atoms with Crippen molar-refractivity contribution < 1.29 is 14.3 Å². The van der Waals surface area contributed by atoms with Crippen LogP contribution in [-0.2, 0) is 22.6 Å². The number of halogens is 1. The Morgan fingerprint density at radius 3 is 2.46 bits per heavy atom.